The van der Waals surface area contributed by atoms with Gasteiger partial charge in [0.25, 0.3) is 0 Å². The van der Waals surface area contributed by atoms with Crippen molar-refractivity contribution in [2.75, 3.05) is 0 Å². The zero-order valence-electron chi connectivity index (χ0n) is 3.74. The van der Waals surface area contributed by atoms with E-state index in [1.807, 2.05) is 0 Å². The molecule has 0 saturated carbocycles. The van der Waals surface area contributed by atoms with E-state index >= 15 is 0 Å². The van der Waals surface area contributed by atoms with Gasteiger partial charge in [-0.3, -0.25) is 4.70 Å². The molecule has 6 nitrogen and oxygen atoms in total. The summed E-state index contributed by atoms with van der Waals surface area (Å²) in [5, 5.41) is 0. The SMILES string of the molecule is F.O.O.O.O.O.O.[Co]. The van der Waals surface area contributed by atoms with Crippen LogP contribution in [0.4, 0.5) is 4.70 Å². The van der Waals surface area contributed by atoms with Crippen LogP contribution in [0.25, 0.3) is 0 Å². The molecule has 0 spiro atoms. The third-order valence-electron chi connectivity index (χ3n) is 0. The summed E-state index contributed by atoms with van der Waals surface area (Å²) in [6.07, 6.45) is 0. The molecule has 0 aromatic heterocycles. The fourth-order valence-corrected chi connectivity index (χ4v) is 0. The molecule has 0 fully saturated rings. The molecule has 0 atom stereocenters. The van der Waals surface area contributed by atoms with Gasteiger partial charge in [0.05, 0.1) is 0 Å². The van der Waals surface area contributed by atoms with Crippen LogP contribution >= 0.6 is 0 Å². The van der Waals surface area contributed by atoms with Gasteiger partial charge in [0.1, 0.15) is 0 Å². The first-order valence-electron chi connectivity index (χ1n) is 0. The topological polar surface area (TPSA) is 189 Å². The van der Waals surface area contributed by atoms with Gasteiger partial charge in [0, 0.05) is 16.8 Å². The summed E-state index contributed by atoms with van der Waals surface area (Å²) in [7, 11) is 0. The van der Waals surface area contributed by atoms with Gasteiger partial charge in [-0.25, -0.2) is 0 Å². The molecule has 8 heteroatoms. The summed E-state index contributed by atoms with van der Waals surface area (Å²) in [6, 6.07) is 0. The summed E-state index contributed by atoms with van der Waals surface area (Å²) < 4.78 is 0. The molecule has 0 bridgehead atoms. The monoisotopic (exact) mass is 187 g/mol. The maximum Gasteiger partial charge on any atom is 0 e. The van der Waals surface area contributed by atoms with E-state index < -0.39 is 0 Å². The van der Waals surface area contributed by atoms with Gasteiger partial charge in [0.15, 0.2) is 0 Å². The minimum absolute atomic E-state index is 0. The molecule has 0 aliphatic rings. The molecular formula is H13CoFO6. The Labute approximate surface area is 55.3 Å². The van der Waals surface area contributed by atoms with Crippen molar-refractivity contribution in [2.24, 2.45) is 0 Å². The summed E-state index contributed by atoms with van der Waals surface area (Å²) in [5.41, 5.74) is 0. The van der Waals surface area contributed by atoms with Crippen LogP contribution in [-0.2, 0) is 16.8 Å². The normalized spacial score (nSPS) is 0. The molecule has 1 radical (unpaired) electrons. The molecule has 0 rings (SSSR count). The molecular weight excluding hydrogens is 174 g/mol. The first kappa shape index (κ1) is 11000. The van der Waals surface area contributed by atoms with E-state index in [0.29, 0.717) is 0 Å². The summed E-state index contributed by atoms with van der Waals surface area (Å²) >= 11 is 0. The fourth-order valence-electron chi connectivity index (χ4n) is 0. The second-order valence-corrected chi connectivity index (χ2v) is 0. The predicted octanol–water partition coefficient (Wildman–Crippen LogP) is -4.80. The van der Waals surface area contributed by atoms with E-state index in [1.54, 1.807) is 0 Å². The Hall–Kier alpha value is 0.196. The molecule has 12 N–H and O–H groups in total. The van der Waals surface area contributed by atoms with Crippen molar-refractivity contribution in [1.29, 1.82) is 0 Å². The maximum atomic E-state index is 0. The first-order valence-corrected chi connectivity index (χ1v) is 0. The van der Waals surface area contributed by atoms with E-state index in [-0.39, 0.29) is 54.3 Å². The number of hydrogen-bond donors (Lipinski definition) is 0. The van der Waals surface area contributed by atoms with Crippen molar-refractivity contribution in [3.8, 4) is 0 Å². The Kier molecular flexibility index (Phi) is 9840000. The third kappa shape index (κ3) is 4330. The van der Waals surface area contributed by atoms with Crippen LogP contribution in [0, 0.1) is 0 Å². The molecule has 0 heterocycles. The zero-order valence-corrected chi connectivity index (χ0v) is 4.78. The van der Waals surface area contributed by atoms with E-state index in [4.69, 9.17) is 0 Å². The minimum atomic E-state index is 0. The molecule has 0 saturated heterocycles. The Morgan fingerprint density at radius 2 is 0.375 bits per heavy atom. The molecule has 0 amide bonds. The van der Waals surface area contributed by atoms with Crippen LogP contribution in [0.3, 0.4) is 0 Å². The van der Waals surface area contributed by atoms with Gasteiger partial charge in [-0.05, 0) is 0 Å². The average molecular weight is 187 g/mol. The maximum absolute atomic E-state index is 0. The van der Waals surface area contributed by atoms with Crippen molar-refractivity contribution in [2.45, 2.75) is 0 Å². The van der Waals surface area contributed by atoms with E-state index in [1.165, 1.54) is 0 Å². The summed E-state index contributed by atoms with van der Waals surface area (Å²) in [5.74, 6) is 0. The molecule has 65 valence electrons. The number of halogens is 1. The second kappa shape index (κ2) is 7160. The number of hydrogen-bond acceptors (Lipinski definition) is 0. The van der Waals surface area contributed by atoms with Gasteiger partial charge in [-0.15, -0.1) is 0 Å². The second-order valence-electron chi connectivity index (χ2n) is 0. The molecule has 0 unspecified atom stereocenters. The van der Waals surface area contributed by atoms with Gasteiger partial charge < -0.3 is 32.9 Å². The van der Waals surface area contributed by atoms with E-state index in [0.717, 1.165) is 0 Å². The first-order chi connectivity index (χ1) is 0. The summed E-state index contributed by atoms with van der Waals surface area (Å²) in [6.45, 7) is 0. The smallest absolute Gasteiger partial charge is 0 e. The third-order valence-corrected chi connectivity index (χ3v) is 0. The van der Waals surface area contributed by atoms with Crippen LogP contribution in [0.5, 0.6) is 0 Å². The van der Waals surface area contributed by atoms with Crippen LogP contribution in [-0.4, -0.2) is 32.9 Å². The van der Waals surface area contributed by atoms with Crippen molar-refractivity contribution < 1.29 is 54.3 Å². The van der Waals surface area contributed by atoms with Crippen LogP contribution < -0.4 is 0 Å². The predicted molar refractivity (Wildman–Crippen MR) is 24.2 cm³/mol. The fraction of sp³-hybridized carbons (Fsp3) is 0. The molecule has 0 aromatic carbocycles. The van der Waals surface area contributed by atoms with Gasteiger partial charge >= 0.3 is 0 Å². The zero-order chi connectivity index (χ0) is 0. The van der Waals surface area contributed by atoms with Crippen LogP contribution in [0.15, 0.2) is 0 Å². The Balaban J connectivity index is 0. The van der Waals surface area contributed by atoms with Crippen LogP contribution in [0.1, 0.15) is 0 Å². The average Bonchev–Trinajstić information content (AvgIpc) is 0. The standard InChI is InChI=1S/Co.FH.6H2O/h;1H;6*1H2. The molecule has 0 aliphatic carbocycles. The molecule has 0 aliphatic heterocycles. The van der Waals surface area contributed by atoms with Crippen molar-refractivity contribution in [3.63, 3.8) is 0 Å². The summed E-state index contributed by atoms with van der Waals surface area (Å²) in [4.78, 5) is 0. The van der Waals surface area contributed by atoms with Gasteiger partial charge in [-0.1, -0.05) is 0 Å². The van der Waals surface area contributed by atoms with Gasteiger partial charge in [-0.2, -0.15) is 0 Å². The van der Waals surface area contributed by atoms with Crippen molar-refractivity contribution in [1.82, 2.24) is 0 Å². The van der Waals surface area contributed by atoms with Crippen molar-refractivity contribution in [3.05, 3.63) is 0 Å². The largest absolute Gasteiger partial charge is 0.412 e. The van der Waals surface area contributed by atoms with E-state index in [2.05, 4.69) is 0 Å². The Morgan fingerprint density at radius 3 is 0.375 bits per heavy atom. The molecule has 0 aromatic rings. The number of rotatable bonds is 0. The van der Waals surface area contributed by atoms with Gasteiger partial charge in [0.2, 0.25) is 0 Å². The van der Waals surface area contributed by atoms with E-state index in [9.17, 15) is 0 Å². The quantitative estimate of drug-likeness (QED) is 0.351. The Bertz CT molecular complexity index is 8.49. The Morgan fingerprint density at radius 1 is 0.375 bits per heavy atom. The van der Waals surface area contributed by atoms with Crippen LogP contribution in [0.2, 0.25) is 0 Å². The minimum Gasteiger partial charge on any atom is -0.412 e. The molecule has 8 heavy (non-hydrogen) atoms. The van der Waals surface area contributed by atoms with Crippen molar-refractivity contribution >= 4 is 0 Å².